The number of nitriles is 1. The number of rotatable bonds is 5. The van der Waals surface area contributed by atoms with Crippen molar-refractivity contribution in [3.05, 3.63) is 0 Å². The summed E-state index contributed by atoms with van der Waals surface area (Å²) in [5.41, 5.74) is -0.0447. The SMILES string of the molecule is CCCC(C(=O)OCC1CC2CC(C#N)C1C2)C(C)(C)C. The summed E-state index contributed by atoms with van der Waals surface area (Å²) < 4.78 is 5.66. The molecule has 2 saturated carbocycles. The topological polar surface area (TPSA) is 50.1 Å². The Bertz CT molecular complexity index is 418. The normalized spacial score (nSPS) is 32.7. The maximum atomic E-state index is 12.4. The van der Waals surface area contributed by atoms with Gasteiger partial charge in [-0.15, -0.1) is 0 Å². The van der Waals surface area contributed by atoms with Crippen LogP contribution in [-0.2, 0) is 9.53 Å². The van der Waals surface area contributed by atoms with Crippen LogP contribution in [0, 0.1) is 46.3 Å². The Morgan fingerprint density at radius 1 is 1.33 bits per heavy atom. The zero-order chi connectivity index (χ0) is 15.6. The quantitative estimate of drug-likeness (QED) is 0.714. The fourth-order valence-corrected chi connectivity index (χ4v) is 4.32. The Labute approximate surface area is 129 Å². The van der Waals surface area contributed by atoms with E-state index in [4.69, 9.17) is 4.74 Å². The van der Waals surface area contributed by atoms with Crippen molar-refractivity contribution in [2.75, 3.05) is 6.61 Å². The van der Waals surface area contributed by atoms with E-state index < -0.39 is 0 Å². The molecule has 5 atom stereocenters. The molecule has 0 saturated heterocycles. The molecule has 3 heteroatoms. The molecule has 3 nitrogen and oxygen atoms in total. The van der Waals surface area contributed by atoms with E-state index in [1.165, 1.54) is 0 Å². The lowest BCUT2D eigenvalue weighted by Gasteiger charge is -2.30. The van der Waals surface area contributed by atoms with E-state index >= 15 is 0 Å². The first-order valence-electron chi connectivity index (χ1n) is 8.43. The van der Waals surface area contributed by atoms with Crippen molar-refractivity contribution in [2.24, 2.45) is 35.0 Å². The van der Waals surface area contributed by atoms with Gasteiger partial charge in [-0.1, -0.05) is 34.1 Å². The maximum absolute atomic E-state index is 12.4. The summed E-state index contributed by atoms with van der Waals surface area (Å²) in [5, 5.41) is 9.19. The Hall–Kier alpha value is -1.04. The molecule has 0 aromatic heterocycles. The third-order valence-corrected chi connectivity index (χ3v) is 5.46. The van der Waals surface area contributed by atoms with Crippen LogP contribution in [0.5, 0.6) is 0 Å². The van der Waals surface area contributed by atoms with Gasteiger partial charge in [-0.3, -0.25) is 4.79 Å². The van der Waals surface area contributed by atoms with Gasteiger partial charge in [0, 0.05) is 5.92 Å². The number of carbonyl (C=O) groups is 1. The average molecular weight is 291 g/mol. The highest BCUT2D eigenvalue weighted by Crippen LogP contribution is 2.51. The van der Waals surface area contributed by atoms with E-state index in [1.54, 1.807) is 0 Å². The molecular weight excluding hydrogens is 262 g/mol. The lowest BCUT2D eigenvalue weighted by atomic mass is 9.78. The van der Waals surface area contributed by atoms with E-state index in [0.29, 0.717) is 24.4 Å². The molecule has 2 fully saturated rings. The van der Waals surface area contributed by atoms with Gasteiger partial charge in [0.05, 0.1) is 18.6 Å². The van der Waals surface area contributed by atoms with Crippen molar-refractivity contribution in [1.82, 2.24) is 0 Å². The van der Waals surface area contributed by atoms with Crippen LogP contribution in [0.1, 0.15) is 59.8 Å². The minimum Gasteiger partial charge on any atom is -0.465 e. The maximum Gasteiger partial charge on any atom is 0.309 e. The van der Waals surface area contributed by atoms with Gasteiger partial charge in [-0.25, -0.2) is 0 Å². The first-order chi connectivity index (χ1) is 9.86. The molecule has 0 N–H and O–H groups in total. The van der Waals surface area contributed by atoms with Crippen molar-refractivity contribution in [3.63, 3.8) is 0 Å². The van der Waals surface area contributed by atoms with Crippen molar-refractivity contribution in [1.29, 1.82) is 5.26 Å². The molecule has 0 aromatic rings. The number of nitrogens with zero attached hydrogens (tertiary/aromatic N) is 1. The van der Waals surface area contributed by atoms with Gasteiger partial charge < -0.3 is 4.74 Å². The standard InChI is InChI=1S/C18H29NO2/c1-5-6-16(18(2,3)4)17(20)21-11-14-8-12-7-13(10-19)15(14)9-12/h12-16H,5-9,11H2,1-4H3. The van der Waals surface area contributed by atoms with Gasteiger partial charge in [0.2, 0.25) is 0 Å². The first kappa shape index (κ1) is 16.3. The molecule has 0 aromatic carbocycles. The summed E-state index contributed by atoms with van der Waals surface area (Å²) in [4.78, 5) is 12.4. The minimum atomic E-state index is -0.0447. The number of carbonyl (C=O) groups excluding carboxylic acids is 1. The highest BCUT2D eigenvalue weighted by Gasteiger charge is 2.46. The second kappa shape index (κ2) is 6.38. The van der Waals surface area contributed by atoms with Crippen LogP contribution in [0.2, 0.25) is 0 Å². The second-order valence-electron chi connectivity index (χ2n) is 8.07. The molecule has 0 spiro atoms. The fraction of sp³-hybridized carbons (Fsp3) is 0.889. The Kier molecular flexibility index (Phi) is 4.96. The van der Waals surface area contributed by atoms with Crippen LogP contribution >= 0.6 is 0 Å². The molecule has 2 aliphatic carbocycles. The summed E-state index contributed by atoms with van der Waals surface area (Å²) in [6, 6.07) is 2.44. The Morgan fingerprint density at radius 2 is 2.05 bits per heavy atom. The van der Waals surface area contributed by atoms with Gasteiger partial charge in [0.25, 0.3) is 0 Å². The summed E-state index contributed by atoms with van der Waals surface area (Å²) in [6.45, 7) is 8.96. The summed E-state index contributed by atoms with van der Waals surface area (Å²) in [5.74, 6) is 1.71. The highest BCUT2D eigenvalue weighted by molar-refractivity contribution is 5.73. The number of ether oxygens (including phenoxy) is 1. The molecule has 2 aliphatic rings. The predicted molar refractivity (Wildman–Crippen MR) is 82.2 cm³/mol. The lowest BCUT2D eigenvalue weighted by Crippen LogP contribution is -2.32. The van der Waals surface area contributed by atoms with E-state index in [0.717, 1.165) is 32.1 Å². The smallest absolute Gasteiger partial charge is 0.309 e. The second-order valence-corrected chi connectivity index (χ2v) is 8.07. The Balaban J connectivity index is 1.88. The van der Waals surface area contributed by atoms with Crippen LogP contribution in [0.15, 0.2) is 0 Å². The average Bonchev–Trinajstić information content (AvgIpc) is 3.00. The first-order valence-corrected chi connectivity index (χ1v) is 8.43. The molecule has 5 unspecified atom stereocenters. The highest BCUT2D eigenvalue weighted by atomic mass is 16.5. The monoisotopic (exact) mass is 291 g/mol. The van der Waals surface area contributed by atoms with E-state index in [1.807, 2.05) is 0 Å². The van der Waals surface area contributed by atoms with Crippen molar-refractivity contribution < 1.29 is 9.53 Å². The molecule has 118 valence electrons. The van der Waals surface area contributed by atoms with Crippen molar-refractivity contribution in [2.45, 2.75) is 59.8 Å². The van der Waals surface area contributed by atoms with Crippen LogP contribution in [0.25, 0.3) is 0 Å². The molecular formula is C18H29NO2. The third-order valence-electron chi connectivity index (χ3n) is 5.46. The molecule has 0 aliphatic heterocycles. The van der Waals surface area contributed by atoms with E-state index in [2.05, 4.69) is 33.8 Å². The van der Waals surface area contributed by atoms with Crippen molar-refractivity contribution in [3.8, 4) is 6.07 Å². The molecule has 2 bridgehead atoms. The number of esters is 1. The van der Waals surface area contributed by atoms with Crippen molar-refractivity contribution >= 4 is 5.97 Å². The van der Waals surface area contributed by atoms with Crippen LogP contribution in [0.4, 0.5) is 0 Å². The van der Waals surface area contributed by atoms with E-state index in [9.17, 15) is 10.1 Å². The zero-order valence-electron chi connectivity index (χ0n) is 13.9. The van der Waals surface area contributed by atoms with Gasteiger partial charge in [-0.2, -0.15) is 5.26 Å². The lowest BCUT2D eigenvalue weighted by molar-refractivity contribution is -0.154. The largest absolute Gasteiger partial charge is 0.465 e. The number of hydrogen-bond acceptors (Lipinski definition) is 3. The number of hydrogen-bond donors (Lipinski definition) is 0. The van der Waals surface area contributed by atoms with Crippen LogP contribution in [-0.4, -0.2) is 12.6 Å². The Morgan fingerprint density at radius 3 is 2.57 bits per heavy atom. The summed E-state index contributed by atoms with van der Waals surface area (Å²) in [7, 11) is 0. The van der Waals surface area contributed by atoms with Gasteiger partial charge in [0.15, 0.2) is 0 Å². The van der Waals surface area contributed by atoms with Crippen LogP contribution < -0.4 is 0 Å². The predicted octanol–water partition coefficient (Wildman–Crippen LogP) is 4.18. The number of fused-ring (bicyclic) bond motifs is 2. The molecule has 0 amide bonds. The minimum absolute atomic E-state index is 0.0205. The molecule has 0 heterocycles. The molecule has 2 rings (SSSR count). The third kappa shape index (κ3) is 3.59. The van der Waals surface area contributed by atoms with E-state index in [-0.39, 0.29) is 23.2 Å². The molecule has 0 radical (unpaired) electrons. The van der Waals surface area contributed by atoms with Gasteiger partial charge in [-0.05, 0) is 48.9 Å². The zero-order valence-corrected chi connectivity index (χ0v) is 13.9. The summed E-state index contributed by atoms with van der Waals surface area (Å²) in [6.07, 6.45) is 5.26. The summed E-state index contributed by atoms with van der Waals surface area (Å²) >= 11 is 0. The fourth-order valence-electron chi connectivity index (χ4n) is 4.32. The van der Waals surface area contributed by atoms with Gasteiger partial charge >= 0.3 is 5.97 Å². The molecule has 21 heavy (non-hydrogen) atoms. The van der Waals surface area contributed by atoms with Gasteiger partial charge in [0.1, 0.15) is 0 Å². The van der Waals surface area contributed by atoms with Crippen LogP contribution in [0.3, 0.4) is 0 Å².